The normalized spacial score (nSPS) is 14.9. The molecule has 1 aliphatic carbocycles. The molecule has 0 bridgehead atoms. The highest BCUT2D eigenvalue weighted by atomic mass is 19.1. The summed E-state index contributed by atoms with van der Waals surface area (Å²) in [4.78, 5) is 16.4. The second-order valence-corrected chi connectivity index (χ2v) is 6.65. The molecule has 1 heterocycles. The van der Waals surface area contributed by atoms with E-state index in [4.69, 9.17) is 0 Å². The number of hydrogen-bond acceptors (Lipinski definition) is 3. The number of amides is 1. The molecule has 1 aromatic heterocycles. The Bertz CT molecular complexity index is 789. The number of hydrogen-bond donors (Lipinski definition) is 2. The molecule has 1 amide bonds. The van der Waals surface area contributed by atoms with Crippen LogP contribution in [0.2, 0.25) is 0 Å². The standard InChI is InChI=1S/C20H23F2N3O/c1-2-13-8-9-17(15(21)10-13)25-18-12-23-11-16(22)19(18)20(26)24-14-6-4-3-5-7-14/h8-12,14,25H,2-7H2,1H3,(H,24,26). The van der Waals surface area contributed by atoms with Crippen LogP contribution in [0.15, 0.2) is 30.6 Å². The van der Waals surface area contributed by atoms with Gasteiger partial charge in [-0.25, -0.2) is 8.78 Å². The molecule has 0 radical (unpaired) electrons. The van der Waals surface area contributed by atoms with Crippen LogP contribution in [0.5, 0.6) is 0 Å². The first kappa shape index (κ1) is 18.3. The molecule has 26 heavy (non-hydrogen) atoms. The second kappa shape index (κ2) is 8.25. The zero-order valence-corrected chi connectivity index (χ0v) is 14.8. The number of benzene rings is 1. The first-order valence-corrected chi connectivity index (χ1v) is 9.08. The summed E-state index contributed by atoms with van der Waals surface area (Å²) in [6.45, 7) is 1.94. The number of nitrogens with zero attached hydrogens (tertiary/aromatic N) is 1. The Morgan fingerprint density at radius 1 is 1.12 bits per heavy atom. The second-order valence-electron chi connectivity index (χ2n) is 6.65. The quantitative estimate of drug-likeness (QED) is 0.812. The van der Waals surface area contributed by atoms with E-state index in [1.807, 2.05) is 6.92 Å². The molecule has 1 saturated carbocycles. The maximum absolute atomic E-state index is 14.3. The van der Waals surface area contributed by atoms with Crippen molar-refractivity contribution in [2.75, 3.05) is 5.32 Å². The summed E-state index contributed by atoms with van der Waals surface area (Å²) in [6.07, 6.45) is 8.13. The van der Waals surface area contributed by atoms with E-state index in [0.717, 1.165) is 43.9 Å². The van der Waals surface area contributed by atoms with Crippen LogP contribution in [0.25, 0.3) is 0 Å². The van der Waals surface area contributed by atoms with E-state index in [1.165, 1.54) is 12.3 Å². The predicted octanol–water partition coefficient (Wildman–Crippen LogP) is 4.73. The van der Waals surface area contributed by atoms with Gasteiger partial charge in [0.05, 0.1) is 23.8 Å². The minimum Gasteiger partial charge on any atom is -0.351 e. The van der Waals surface area contributed by atoms with Gasteiger partial charge in [-0.2, -0.15) is 0 Å². The number of pyridine rings is 1. The van der Waals surface area contributed by atoms with Crippen LogP contribution in [0.3, 0.4) is 0 Å². The molecule has 2 aromatic rings. The minimum atomic E-state index is -0.728. The van der Waals surface area contributed by atoms with Crippen LogP contribution >= 0.6 is 0 Å². The van der Waals surface area contributed by atoms with Crippen LogP contribution in [0.4, 0.5) is 20.2 Å². The van der Waals surface area contributed by atoms with Crippen LogP contribution in [-0.2, 0) is 6.42 Å². The summed E-state index contributed by atoms with van der Waals surface area (Å²) in [5.74, 6) is -1.67. The summed E-state index contributed by atoms with van der Waals surface area (Å²) >= 11 is 0. The number of aryl methyl sites for hydroxylation is 1. The highest BCUT2D eigenvalue weighted by Crippen LogP contribution is 2.26. The van der Waals surface area contributed by atoms with Crippen molar-refractivity contribution in [3.8, 4) is 0 Å². The lowest BCUT2D eigenvalue weighted by atomic mass is 9.95. The monoisotopic (exact) mass is 359 g/mol. The first-order chi connectivity index (χ1) is 12.6. The Hall–Kier alpha value is -2.50. The fourth-order valence-corrected chi connectivity index (χ4v) is 3.29. The Morgan fingerprint density at radius 2 is 1.88 bits per heavy atom. The number of rotatable bonds is 5. The van der Waals surface area contributed by atoms with E-state index >= 15 is 0 Å². The summed E-state index contributed by atoms with van der Waals surface area (Å²) in [7, 11) is 0. The number of nitrogens with one attached hydrogen (secondary N) is 2. The molecule has 0 atom stereocenters. The third-order valence-corrected chi connectivity index (χ3v) is 4.78. The molecule has 1 aliphatic rings. The maximum atomic E-state index is 14.3. The third-order valence-electron chi connectivity index (χ3n) is 4.78. The Morgan fingerprint density at radius 3 is 2.58 bits per heavy atom. The van der Waals surface area contributed by atoms with Gasteiger partial charge in [-0.1, -0.05) is 32.3 Å². The average molecular weight is 359 g/mol. The molecule has 1 fully saturated rings. The predicted molar refractivity (Wildman–Crippen MR) is 97.6 cm³/mol. The summed E-state index contributed by atoms with van der Waals surface area (Å²) in [5.41, 5.74) is 1.06. The lowest BCUT2D eigenvalue weighted by Gasteiger charge is -2.23. The fraction of sp³-hybridized carbons (Fsp3) is 0.400. The molecule has 6 heteroatoms. The Kier molecular flexibility index (Phi) is 5.81. The number of halogens is 2. The minimum absolute atomic E-state index is 0.0530. The van der Waals surface area contributed by atoms with Crippen LogP contribution < -0.4 is 10.6 Å². The number of anilines is 2. The van der Waals surface area contributed by atoms with Crippen molar-refractivity contribution in [1.82, 2.24) is 10.3 Å². The first-order valence-electron chi connectivity index (χ1n) is 9.08. The van der Waals surface area contributed by atoms with E-state index in [1.54, 1.807) is 12.1 Å². The summed E-state index contributed by atoms with van der Waals surface area (Å²) < 4.78 is 28.6. The van der Waals surface area contributed by atoms with Crippen molar-refractivity contribution in [3.63, 3.8) is 0 Å². The van der Waals surface area contributed by atoms with Gasteiger partial charge in [0.15, 0.2) is 5.82 Å². The maximum Gasteiger partial charge on any atom is 0.256 e. The summed E-state index contributed by atoms with van der Waals surface area (Å²) in [6, 6.07) is 4.86. The average Bonchev–Trinajstić information content (AvgIpc) is 2.64. The van der Waals surface area contributed by atoms with Crippen molar-refractivity contribution in [3.05, 3.63) is 53.4 Å². The zero-order valence-electron chi connectivity index (χ0n) is 14.8. The number of aromatic nitrogens is 1. The molecule has 1 aromatic carbocycles. The molecule has 3 rings (SSSR count). The lowest BCUT2D eigenvalue weighted by molar-refractivity contribution is 0.0924. The summed E-state index contributed by atoms with van der Waals surface area (Å²) in [5, 5.41) is 5.71. The van der Waals surface area contributed by atoms with Crippen molar-refractivity contribution >= 4 is 17.3 Å². The van der Waals surface area contributed by atoms with Gasteiger partial charge in [0.25, 0.3) is 5.91 Å². The molecule has 0 unspecified atom stereocenters. The smallest absolute Gasteiger partial charge is 0.256 e. The van der Waals surface area contributed by atoms with Gasteiger partial charge in [0, 0.05) is 6.04 Å². The van der Waals surface area contributed by atoms with Crippen molar-refractivity contribution in [2.24, 2.45) is 0 Å². The zero-order chi connectivity index (χ0) is 18.5. The fourth-order valence-electron chi connectivity index (χ4n) is 3.29. The Labute approximate surface area is 152 Å². The van der Waals surface area contributed by atoms with Crippen molar-refractivity contribution < 1.29 is 13.6 Å². The molecular weight excluding hydrogens is 336 g/mol. The largest absolute Gasteiger partial charge is 0.351 e. The SMILES string of the molecule is CCc1ccc(Nc2cncc(F)c2C(=O)NC2CCCCC2)c(F)c1. The highest BCUT2D eigenvalue weighted by Gasteiger charge is 2.22. The lowest BCUT2D eigenvalue weighted by Crippen LogP contribution is -2.37. The van der Waals surface area contributed by atoms with E-state index in [9.17, 15) is 13.6 Å². The van der Waals surface area contributed by atoms with Gasteiger partial charge in [-0.05, 0) is 37.0 Å². The molecule has 0 spiro atoms. The van der Waals surface area contributed by atoms with Gasteiger partial charge >= 0.3 is 0 Å². The Balaban J connectivity index is 1.84. The third kappa shape index (κ3) is 4.18. The van der Waals surface area contributed by atoms with Crippen LogP contribution in [0, 0.1) is 11.6 Å². The molecule has 138 valence electrons. The van der Waals surface area contributed by atoms with E-state index < -0.39 is 17.5 Å². The van der Waals surface area contributed by atoms with Gasteiger partial charge in [0.1, 0.15) is 11.4 Å². The number of carbonyl (C=O) groups is 1. The van der Waals surface area contributed by atoms with Gasteiger partial charge in [-0.3, -0.25) is 9.78 Å². The molecular formula is C20H23F2N3O. The van der Waals surface area contributed by atoms with E-state index in [-0.39, 0.29) is 23.0 Å². The van der Waals surface area contributed by atoms with Gasteiger partial charge < -0.3 is 10.6 Å². The molecule has 2 N–H and O–H groups in total. The van der Waals surface area contributed by atoms with Gasteiger partial charge in [-0.15, -0.1) is 0 Å². The molecule has 0 aliphatic heterocycles. The van der Waals surface area contributed by atoms with E-state index in [2.05, 4.69) is 15.6 Å². The molecule has 0 saturated heterocycles. The van der Waals surface area contributed by atoms with Crippen LogP contribution in [0.1, 0.15) is 54.9 Å². The topological polar surface area (TPSA) is 54.0 Å². The van der Waals surface area contributed by atoms with Crippen LogP contribution in [-0.4, -0.2) is 16.9 Å². The van der Waals surface area contributed by atoms with Gasteiger partial charge in [0.2, 0.25) is 0 Å². The van der Waals surface area contributed by atoms with Crippen molar-refractivity contribution in [1.29, 1.82) is 0 Å². The number of carbonyl (C=O) groups excluding carboxylic acids is 1. The molecule has 4 nitrogen and oxygen atoms in total. The van der Waals surface area contributed by atoms with Crippen molar-refractivity contribution in [2.45, 2.75) is 51.5 Å². The highest BCUT2D eigenvalue weighted by molar-refractivity contribution is 6.00. The van der Waals surface area contributed by atoms with E-state index in [0.29, 0.717) is 6.42 Å².